The fraction of sp³-hybridized carbons (Fsp3) is 0.300. The molecule has 0 saturated heterocycles. The van der Waals surface area contributed by atoms with Gasteiger partial charge in [0, 0.05) is 24.2 Å². The number of aromatic amines is 2. The van der Waals surface area contributed by atoms with Crippen LogP contribution in [-0.4, -0.2) is 19.9 Å². The monoisotopic (exact) mass is 236 g/mol. The van der Waals surface area contributed by atoms with E-state index in [9.17, 15) is 4.79 Å². The summed E-state index contributed by atoms with van der Waals surface area (Å²) in [7, 11) is 0. The molecule has 0 fully saturated rings. The molecule has 2 rings (SSSR count). The molecule has 5 nitrogen and oxygen atoms in total. The SMILES string of the molecule is Cc1cc(=O)[nH]c([C@@H](C)Sc2ncc[nH]2)n1. The number of hydrogen-bond donors (Lipinski definition) is 2. The lowest BCUT2D eigenvalue weighted by atomic mass is 10.4. The summed E-state index contributed by atoms with van der Waals surface area (Å²) in [6, 6.07) is 1.48. The van der Waals surface area contributed by atoms with E-state index in [-0.39, 0.29) is 10.8 Å². The molecule has 16 heavy (non-hydrogen) atoms. The second kappa shape index (κ2) is 4.52. The zero-order chi connectivity index (χ0) is 11.5. The maximum absolute atomic E-state index is 11.3. The number of H-pyrrole nitrogens is 2. The van der Waals surface area contributed by atoms with E-state index in [0.717, 1.165) is 10.9 Å². The van der Waals surface area contributed by atoms with Gasteiger partial charge in [-0.2, -0.15) is 0 Å². The number of thioether (sulfide) groups is 1. The number of rotatable bonds is 3. The highest BCUT2D eigenvalue weighted by Gasteiger charge is 2.11. The number of nitrogens with one attached hydrogen (secondary N) is 2. The quantitative estimate of drug-likeness (QED) is 0.795. The van der Waals surface area contributed by atoms with E-state index in [1.807, 2.05) is 13.8 Å². The van der Waals surface area contributed by atoms with Crippen molar-refractivity contribution < 1.29 is 0 Å². The van der Waals surface area contributed by atoms with Crippen LogP contribution in [0.2, 0.25) is 0 Å². The normalized spacial score (nSPS) is 12.6. The molecule has 2 aromatic rings. The Morgan fingerprint density at radius 1 is 1.50 bits per heavy atom. The van der Waals surface area contributed by atoms with E-state index < -0.39 is 0 Å². The highest BCUT2D eigenvalue weighted by molar-refractivity contribution is 7.99. The molecule has 0 unspecified atom stereocenters. The molecule has 0 spiro atoms. The van der Waals surface area contributed by atoms with Crippen molar-refractivity contribution in [2.45, 2.75) is 24.3 Å². The first-order valence-electron chi connectivity index (χ1n) is 4.89. The molecule has 0 radical (unpaired) electrons. The third-order valence-corrected chi connectivity index (χ3v) is 3.06. The molecule has 84 valence electrons. The molecular formula is C10H12N4OS. The molecule has 0 aliphatic rings. The molecule has 2 aromatic heterocycles. The minimum Gasteiger partial charge on any atom is -0.340 e. The molecule has 1 atom stereocenters. The average Bonchev–Trinajstić information content (AvgIpc) is 2.68. The van der Waals surface area contributed by atoms with Gasteiger partial charge in [0.05, 0.1) is 5.25 Å². The number of imidazole rings is 1. The third kappa shape index (κ3) is 2.52. The Morgan fingerprint density at radius 3 is 2.94 bits per heavy atom. The summed E-state index contributed by atoms with van der Waals surface area (Å²) in [6.45, 7) is 3.79. The Labute approximate surface area is 96.7 Å². The van der Waals surface area contributed by atoms with Crippen molar-refractivity contribution in [2.75, 3.05) is 0 Å². The van der Waals surface area contributed by atoms with Gasteiger partial charge in [-0.3, -0.25) is 4.79 Å². The summed E-state index contributed by atoms with van der Waals surface area (Å²) in [4.78, 5) is 25.4. The Kier molecular flexibility index (Phi) is 3.09. The van der Waals surface area contributed by atoms with Crippen LogP contribution in [-0.2, 0) is 0 Å². The predicted octanol–water partition coefficient (Wildman–Crippen LogP) is 1.65. The van der Waals surface area contributed by atoms with Crippen molar-refractivity contribution in [1.29, 1.82) is 0 Å². The summed E-state index contributed by atoms with van der Waals surface area (Å²) in [5.74, 6) is 0.673. The smallest absolute Gasteiger partial charge is 0.251 e. The van der Waals surface area contributed by atoms with E-state index >= 15 is 0 Å². The Hall–Kier alpha value is -1.56. The van der Waals surface area contributed by atoms with Crippen molar-refractivity contribution in [3.8, 4) is 0 Å². The first kappa shape index (κ1) is 10.9. The molecule has 0 aliphatic carbocycles. The summed E-state index contributed by atoms with van der Waals surface area (Å²) < 4.78 is 0. The first-order chi connectivity index (χ1) is 7.65. The van der Waals surface area contributed by atoms with Crippen LogP contribution >= 0.6 is 11.8 Å². The van der Waals surface area contributed by atoms with Crippen LogP contribution in [0.4, 0.5) is 0 Å². The van der Waals surface area contributed by atoms with Crippen LogP contribution in [0.5, 0.6) is 0 Å². The van der Waals surface area contributed by atoms with E-state index in [1.54, 1.807) is 12.4 Å². The lowest BCUT2D eigenvalue weighted by Gasteiger charge is -2.08. The van der Waals surface area contributed by atoms with Gasteiger partial charge >= 0.3 is 0 Å². The van der Waals surface area contributed by atoms with Gasteiger partial charge in [-0.05, 0) is 13.8 Å². The van der Waals surface area contributed by atoms with Gasteiger partial charge in [0.25, 0.3) is 5.56 Å². The molecule has 0 aromatic carbocycles. The molecular weight excluding hydrogens is 224 g/mol. The zero-order valence-electron chi connectivity index (χ0n) is 9.02. The second-order valence-electron chi connectivity index (χ2n) is 3.43. The number of aromatic nitrogens is 4. The minimum atomic E-state index is -0.116. The van der Waals surface area contributed by atoms with Crippen LogP contribution in [0.25, 0.3) is 0 Å². The summed E-state index contributed by atoms with van der Waals surface area (Å²) in [5.41, 5.74) is 0.611. The van der Waals surface area contributed by atoms with Crippen LogP contribution < -0.4 is 5.56 Å². The van der Waals surface area contributed by atoms with Crippen molar-refractivity contribution in [2.24, 2.45) is 0 Å². The van der Waals surface area contributed by atoms with Crippen molar-refractivity contribution in [3.05, 3.63) is 40.3 Å². The first-order valence-corrected chi connectivity index (χ1v) is 5.77. The average molecular weight is 236 g/mol. The van der Waals surface area contributed by atoms with Gasteiger partial charge < -0.3 is 9.97 Å². The zero-order valence-corrected chi connectivity index (χ0v) is 9.84. The number of aryl methyl sites for hydroxylation is 1. The van der Waals surface area contributed by atoms with Gasteiger partial charge in [-0.15, -0.1) is 0 Å². The van der Waals surface area contributed by atoms with Crippen molar-refractivity contribution >= 4 is 11.8 Å². The maximum atomic E-state index is 11.3. The van der Waals surface area contributed by atoms with Gasteiger partial charge in [-0.1, -0.05) is 11.8 Å². The number of nitrogens with zero attached hydrogens (tertiary/aromatic N) is 2. The summed E-state index contributed by atoms with van der Waals surface area (Å²) >= 11 is 1.52. The number of hydrogen-bond acceptors (Lipinski definition) is 4. The molecule has 0 amide bonds. The fourth-order valence-corrected chi connectivity index (χ4v) is 2.15. The lowest BCUT2D eigenvalue weighted by Crippen LogP contribution is -2.12. The Bertz CT molecular complexity index is 520. The summed E-state index contributed by atoms with van der Waals surface area (Å²) in [5, 5.41) is 0.871. The highest BCUT2D eigenvalue weighted by atomic mass is 32.2. The van der Waals surface area contributed by atoms with E-state index in [2.05, 4.69) is 19.9 Å². The van der Waals surface area contributed by atoms with Crippen LogP contribution in [0.3, 0.4) is 0 Å². The molecule has 0 aliphatic heterocycles. The van der Waals surface area contributed by atoms with Crippen LogP contribution in [0.1, 0.15) is 23.7 Å². The summed E-state index contributed by atoms with van der Waals surface area (Å²) in [6.07, 6.45) is 3.46. The lowest BCUT2D eigenvalue weighted by molar-refractivity contribution is 0.876. The molecule has 0 saturated carbocycles. The predicted molar refractivity (Wildman–Crippen MR) is 62.5 cm³/mol. The molecule has 2 heterocycles. The highest BCUT2D eigenvalue weighted by Crippen LogP contribution is 2.29. The molecule has 0 bridgehead atoms. The van der Waals surface area contributed by atoms with Crippen molar-refractivity contribution in [3.63, 3.8) is 0 Å². The standard InChI is InChI=1S/C10H12N4OS/c1-6-5-8(15)14-9(13-6)7(2)16-10-11-3-4-12-10/h3-5,7H,1-2H3,(H,11,12)(H,13,14,15)/t7-/m1/s1. The van der Waals surface area contributed by atoms with Gasteiger partial charge in [0.1, 0.15) is 5.82 Å². The topological polar surface area (TPSA) is 74.4 Å². The van der Waals surface area contributed by atoms with Gasteiger partial charge in [0.15, 0.2) is 5.16 Å². The van der Waals surface area contributed by atoms with E-state index in [1.165, 1.54) is 17.8 Å². The third-order valence-electron chi connectivity index (χ3n) is 2.03. The van der Waals surface area contributed by atoms with E-state index in [0.29, 0.717) is 5.82 Å². The van der Waals surface area contributed by atoms with Crippen molar-refractivity contribution in [1.82, 2.24) is 19.9 Å². The van der Waals surface area contributed by atoms with Crippen LogP contribution in [0.15, 0.2) is 28.4 Å². The molecule has 6 heteroatoms. The molecule has 2 N–H and O–H groups in total. The maximum Gasteiger partial charge on any atom is 0.251 e. The second-order valence-corrected chi connectivity index (χ2v) is 4.76. The Morgan fingerprint density at radius 2 is 2.31 bits per heavy atom. The van der Waals surface area contributed by atoms with E-state index in [4.69, 9.17) is 0 Å². The fourth-order valence-electron chi connectivity index (χ4n) is 1.33. The largest absolute Gasteiger partial charge is 0.340 e. The minimum absolute atomic E-state index is 0.0544. The van der Waals surface area contributed by atoms with Crippen LogP contribution in [0, 0.1) is 6.92 Å². The van der Waals surface area contributed by atoms with Gasteiger partial charge in [0.2, 0.25) is 0 Å². The van der Waals surface area contributed by atoms with Gasteiger partial charge in [-0.25, -0.2) is 9.97 Å². The Balaban J connectivity index is 2.20.